The van der Waals surface area contributed by atoms with Crippen molar-refractivity contribution in [3.63, 3.8) is 0 Å². The number of hydrogen-bond acceptors (Lipinski definition) is 4. The fourth-order valence-electron chi connectivity index (χ4n) is 3.77. The molecule has 0 aliphatic carbocycles. The molecule has 182 valence electrons. The number of aromatic nitrogens is 2. The number of ether oxygens (including phenoxy) is 1. The van der Waals surface area contributed by atoms with E-state index in [1.54, 1.807) is 38.4 Å². The molecule has 0 saturated carbocycles. The Morgan fingerprint density at radius 2 is 1.69 bits per heavy atom. The van der Waals surface area contributed by atoms with E-state index in [0.717, 1.165) is 22.4 Å². The van der Waals surface area contributed by atoms with Crippen molar-refractivity contribution in [2.24, 2.45) is 0 Å². The van der Waals surface area contributed by atoms with Crippen LogP contribution in [0.4, 0.5) is 5.69 Å². The highest BCUT2D eigenvalue weighted by atomic mass is 16.5. The van der Waals surface area contributed by atoms with Crippen molar-refractivity contribution in [2.45, 2.75) is 6.54 Å². The van der Waals surface area contributed by atoms with Gasteiger partial charge in [-0.05, 0) is 29.8 Å². The Morgan fingerprint density at radius 3 is 2.36 bits per heavy atom. The summed E-state index contributed by atoms with van der Waals surface area (Å²) in [6.45, 7) is 0.616. The van der Waals surface area contributed by atoms with Crippen LogP contribution in [0.25, 0.3) is 17.3 Å². The van der Waals surface area contributed by atoms with Crippen molar-refractivity contribution < 1.29 is 14.3 Å². The van der Waals surface area contributed by atoms with Gasteiger partial charge in [-0.3, -0.25) is 14.3 Å². The van der Waals surface area contributed by atoms with E-state index in [9.17, 15) is 9.59 Å². The molecule has 0 radical (unpaired) electrons. The van der Waals surface area contributed by atoms with Gasteiger partial charge < -0.3 is 15.0 Å². The SMILES string of the molecule is COc1ccc(C(=O)N(C)C)cc1NC(=O)/C=C/c1cn(Cc2ccccc2)nc1-c1ccccc1. The largest absolute Gasteiger partial charge is 0.495 e. The monoisotopic (exact) mass is 480 g/mol. The summed E-state index contributed by atoms with van der Waals surface area (Å²) < 4.78 is 7.23. The predicted molar refractivity (Wildman–Crippen MR) is 142 cm³/mol. The minimum absolute atomic E-state index is 0.165. The number of benzene rings is 3. The van der Waals surface area contributed by atoms with Gasteiger partial charge in [0.1, 0.15) is 5.75 Å². The van der Waals surface area contributed by atoms with Gasteiger partial charge >= 0.3 is 0 Å². The van der Waals surface area contributed by atoms with Crippen molar-refractivity contribution >= 4 is 23.6 Å². The van der Waals surface area contributed by atoms with Crippen LogP contribution in [-0.2, 0) is 11.3 Å². The Bertz CT molecular complexity index is 1380. The van der Waals surface area contributed by atoms with Crippen molar-refractivity contribution in [1.29, 1.82) is 0 Å². The molecule has 4 rings (SSSR count). The van der Waals surface area contributed by atoms with Gasteiger partial charge in [-0.2, -0.15) is 5.10 Å². The molecule has 7 heteroatoms. The molecule has 1 heterocycles. The van der Waals surface area contributed by atoms with Gasteiger partial charge in [0.05, 0.1) is 25.0 Å². The number of carbonyl (C=O) groups is 2. The minimum Gasteiger partial charge on any atom is -0.495 e. The first-order valence-electron chi connectivity index (χ1n) is 11.5. The summed E-state index contributed by atoms with van der Waals surface area (Å²) in [5.74, 6) is -0.0488. The second-order valence-electron chi connectivity index (χ2n) is 8.42. The number of methoxy groups -OCH3 is 1. The first-order chi connectivity index (χ1) is 17.4. The van der Waals surface area contributed by atoms with Crippen LogP contribution in [0.5, 0.6) is 5.75 Å². The fraction of sp³-hybridized carbons (Fsp3) is 0.138. The lowest BCUT2D eigenvalue weighted by Crippen LogP contribution is -2.22. The normalized spacial score (nSPS) is 10.9. The van der Waals surface area contributed by atoms with Crippen molar-refractivity contribution in [2.75, 3.05) is 26.5 Å². The molecule has 0 aliphatic rings. The predicted octanol–water partition coefficient (Wildman–Crippen LogP) is 4.96. The van der Waals surface area contributed by atoms with Crippen LogP contribution in [0.2, 0.25) is 0 Å². The van der Waals surface area contributed by atoms with Crippen LogP contribution in [0.1, 0.15) is 21.5 Å². The standard InChI is InChI=1S/C29H28N4O3/c1-32(2)29(35)23-14-16-26(36-3)25(18-23)30-27(34)17-15-24-20-33(19-21-10-6-4-7-11-21)31-28(24)22-12-8-5-9-13-22/h4-18,20H,19H2,1-3H3,(H,30,34)/b17-15+. The number of rotatable bonds is 8. The summed E-state index contributed by atoms with van der Waals surface area (Å²) in [7, 11) is 4.87. The molecule has 0 spiro atoms. The van der Waals surface area contributed by atoms with Gasteiger partial charge in [-0.15, -0.1) is 0 Å². The quantitative estimate of drug-likeness (QED) is 0.362. The van der Waals surface area contributed by atoms with Gasteiger partial charge in [0.15, 0.2) is 0 Å². The Hall–Kier alpha value is -4.65. The summed E-state index contributed by atoms with van der Waals surface area (Å²) in [4.78, 5) is 26.7. The summed E-state index contributed by atoms with van der Waals surface area (Å²) in [6, 6.07) is 24.9. The summed E-state index contributed by atoms with van der Waals surface area (Å²) >= 11 is 0. The molecular weight excluding hydrogens is 452 g/mol. The van der Waals surface area contributed by atoms with E-state index in [0.29, 0.717) is 23.5 Å². The first kappa shape index (κ1) is 24.5. The molecule has 0 atom stereocenters. The Kier molecular flexibility index (Phi) is 7.60. The lowest BCUT2D eigenvalue weighted by atomic mass is 10.1. The Morgan fingerprint density at radius 1 is 1.00 bits per heavy atom. The molecule has 0 bridgehead atoms. The van der Waals surface area contributed by atoms with Gasteiger partial charge in [0.25, 0.3) is 5.91 Å². The number of amides is 2. The highest BCUT2D eigenvalue weighted by Gasteiger charge is 2.14. The molecule has 7 nitrogen and oxygen atoms in total. The molecule has 1 aromatic heterocycles. The van der Waals surface area contributed by atoms with Crippen LogP contribution in [0.3, 0.4) is 0 Å². The topological polar surface area (TPSA) is 76.5 Å². The number of hydrogen-bond donors (Lipinski definition) is 1. The Balaban J connectivity index is 1.59. The number of carbonyl (C=O) groups excluding carboxylic acids is 2. The second-order valence-corrected chi connectivity index (χ2v) is 8.42. The molecule has 0 saturated heterocycles. The third-order valence-corrected chi connectivity index (χ3v) is 5.55. The van der Waals surface area contributed by atoms with Crippen LogP contribution in [0, 0.1) is 0 Å². The maximum atomic E-state index is 12.8. The molecule has 1 N–H and O–H groups in total. The molecular formula is C29H28N4O3. The summed E-state index contributed by atoms with van der Waals surface area (Å²) in [6.07, 6.45) is 5.12. The van der Waals surface area contributed by atoms with E-state index in [2.05, 4.69) is 17.4 Å². The van der Waals surface area contributed by atoms with Gasteiger partial charge in [-0.25, -0.2) is 0 Å². The van der Waals surface area contributed by atoms with Crippen LogP contribution >= 0.6 is 0 Å². The van der Waals surface area contributed by atoms with E-state index >= 15 is 0 Å². The summed E-state index contributed by atoms with van der Waals surface area (Å²) in [5.41, 5.74) is 4.56. The molecule has 0 aliphatic heterocycles. The van der Waals surface area contributed by atoms with Gasteiger partial charge in [0.2, 0.25) is 5.91 Å². The molecule has 4 aromatic rings. The molecule has 2 amide bonds. The molecule has 0 fully saturated rings. The van der Waals surface area contributed by atoms with Crippen LogP contribution in [0.15, 0.2) is 91.1 Å². The van der Waals surface area contributed by atoms with E-state index < -0.39 is 0 Å². The van der Waals surface area contributed by atoms with Crippen LogP contribution < -0.4 is 10.1 Å². The zero-order chi connectivity index (χ0) is 25.5. The number of nitrogens with zero attached hydrogens (tertiary/aromatic N) is 3. The molecule has 3 aromatic carbocycles. The maximum Gasteiger partial charge on any atom is 0.253 e. The van der Waals surface area contributed by atoms with E-state index in [1.807, 2.05) is 59.4 Å². The summed E-state index contributed by atoms with van der Waals surface area (Å²) in [5, 5.41) is 7.61. The zero-order valence-electron chi connectivity index (χ0n) is 20.5. The third kappa shape index (κ3) is 5.88. The van der Waals surface area contributed by atoms with Crippen LogP contribution in [-0.4, -0.2) is 47.7 Å². The minimum atomic E-state index is -0.349. The van der Waals surface area contributed by atoms with Gasteiger partial charge in [-0.1, -0.05) is 60.7 Å². The van der Waals surface area contributed by atoms with Crippen molar-refractivity contribution in [1.82, 2.24) is 14.7 Å². The number of nitrogens with one attached hydrogen (secondary N) is 1. The second kappa shape index (κ2) is 11.2. The van der Waals surface area contributed by atoms with E-state index in [1.165, 1.54) is 18.1 Å². The maximum absolute atomic E-state index is 12.8. The van der Waals surface area contributed by atoms with E-state index in [4.69, 9.17) is 9.84 Å². The highest BCUT2D eigenvalue weighted by molar-refractivity contribution is 6.04. The third-order valence-electron chi connectivity index (χ3n) is 5.55. The lowest BCUT2D eigenvalue weighted by Gasteiger charge is -2.14. The van der Waals surface area contributed by atoms with Crippen molar-refractivity contribution in [3.05, 3.63) is 108 Å². The molecule has 36 heavy (non-hydrogen) atoms. The average Bonchev–Trinajstić information content (AvgIpc) is 3.30. The number of anilines is 1. The zero-order valence-corrected chi connectivity index (χ0v) is 20.5. The van der Waals surface area contributed by atoms with Crippen molar-refractivity contribution in [3.8, 4) is 17.0 Å². The first-order valence-corrected chi connectivity index (χ1v) is 11.5. The van der Waals surface area contributed by atoms with E-state index in [-0.39, 0.29) is 11.8 Å². The Labute approximate surface area is 210 Å². The van der Waals surface area contributed by atoms with Gasteiger partial charge in [0, 0.05) is 43.1 Å². The fourth-order valence-corrected chi connectivity index (χ4v) is 3.77. The smallest absolute Gasteiger partial charge is 0.253 e. The highest BCUT2D eigenvalue weighted by Crippen LogP contribution is 2.27. The lowest BCUT2D eigenvalue weighted by molar-refractivity contribution is -0.111. The molecule has 0 unspecified atom stereocenters. The average molecular weight is 481 g/mol.